The highest BCUT2D eigenvalue weighted by Gasteiger charge is 2.25. The summed E-state index contributed by atoms with van der Waals surface area (Å²) in [6, 6.07) is 8.56. The molecule has 31 heavy (non-hydrogen) atoms. The molecule has 0 bridgehead atoms. The number of aromatic nitrogens is 1. The third kappa shape index (κ3) is 6.19. The van der Waals surface area contributed by atoms with Crippen LogP contribution in [-0.4, -0.2) is 54.6 Å². The molecule has 1 aliphatic carbocycles. The summed E-state index contributed by atoms with van der Waals surface area (Å²) in [5.74, 6) is 2.95. The number of nitrogens with zero attached hydrogens (tertiary/aromatic N) is 3. The average molecular weight is 444 g/mol. The molecule has 0 N–H and O–H groups in total. The molecular formula is C25H37N3O2S. The minimum absolute atomic E-state index is 0.00270. The van der Waals surface area contributed by atoms with E-state index >= 15 is 0 Å². The molecule has 170 valence electrons. The standard InChI is InChI=1S/C25H37N3O2S/c1-19(2)18-30-24(29)17-21-9-7-20(8-10-21)11-12-27-13-15-28(16-14-27)25-22-5-3-4-6-23(22)31-26-25/h3-6,19-21H,7-18H2,1-2H3. The Balaban J connectivity index is 1.14. The lowest BCUT2D eigenvalue weighted by Gasteiger charge is -2.36. The number of fused-ring (bicyclic) bond motifs is 1. The number of esters is 1. The van der Waals surface area contributed by atoms with Crippen LogP contribution in [0, 0.1) is 17.8 Å². The van der Waals surface area contributed by atoms with Crippen molar-refractivity contribution in [2.45, 2.75) is 52.4 Å². The number of ether oxygens (including phenoxy) is 1. The lowest BCUT2D eigenvalue weighted by Crippen LogP contribution is -2.47. The largest absolute Gasteiger partial charge is 0.465 e. The van der Waals surface area contributed by atoms with Gasteiger partial charge in [-0.2, -0.15) is 4.37 Å². The van der Waals surface area contributed by atoms with Gasteiger partial charge in [-0.15, -0.1) is 0 Å². The van der Waals surface area contributed by atoms with Crippen molar-refractivity contribution in [1.29, 1.82) is 0 Å². The molecule has 6 heteroatoms. The second kappa shape index (κ2) is 10.8. The third-order valence-corrected chi connectivity index (χ3v) is 7.70. The number of piperazine rings is 1. The maximum absolute atomic E-state index is 12.0. The highest BCUT2D eigenvalue weighted by Crippen LogP contribution is 2.33. The molecule has 1 aromatic heterocycles. The average Bonchev–Trinajstić information content (AvgIpc) is 3.22. The molecule has 2 heterocycles. The Morgan fingerprint density at radius 2 is 1.81 bits per heavy atom. The maximum atomic E-state index is 12.0. The lowest BCUT2D eigenvalue weighted by atomic mass is 9.79. The van der Waals surface area contributed by atoms with Crippen LogP contribution in [0.15, 0.2) is 24.3 Å². The van der Waals surface area contributed by atoms with Crippen molar-refractivity contribution in [2.24, 2.45) is 17.8 Å². The van der Waals surface area contributed by atoms with E-state index in [2.05, 4.69) is 47.9 Å². The smallest absolute Gasteiger partial charge is 0.306 e. The van der Waals surface area contributed by atoms with E-state index < -0.39 is 0 Å². The Kier molecular flexibility index (Phi) is 7.83. The summed E-state index contributed by atoms with van der Waals surface area (Å²) < 4.78 is 11.4. The number of anilines is 1. The normalized spacial score (nSPS) is 22.9. The van der Waals surface area contributed by atoms with Gasteiger partial charge in [0.05, 0.1) is 11.3 Å². The van der Waals surface area contributed by atoms with E-state index in [1.165, 1.54) is 54.6 Å². The maximum Gasteiger partial charge on any atom is 0.306 e. The highest BCUT2D eigenvalue weighted by molar-refractivity contribution is 7.13. The van der Waals surface area contributed by atoms with Crippen LogP contribution in [0.25, 0.3) is 10.1 Å². The van der Waals surface area contributed by atoms with Gasteiger partial charge in [-0.05, 0) is 67.2 Å². The molecule has 1 saturated carbocycles. The lowest BCUT2D eigenvalue weighted by molar-refractivity contribution is -0.146. The second-order valence-corrected chi connectivity index (χ2v) is 10.6. The second-order valence-electron chi connectivity index (χ2n) is 9.79. The first-order valence-electron chi connectivity index (χ1n) is 12.1. The molecular weight excluding hydrogens is 406 g/mol. The molecule has 2 fully saturated rings. The summed E-state index contributed by atoms with van der Waals surface area (Å²) in [6.07, 6.45) is 6.83. The number of hydrogen-bond acceptors (Lipinski definition) is 6. The van der Waals surface area contributed by atoms with Gasteiger partial charge >= 0.3 is 5.97 Å². The van der Waals surface area contributed by atoms with Crippen LogP contribution in [0.1, 0.15) is 52.4 Å². The molecule has 5 nitrogen and oxygen atoms in total. The molecule has 0 unspecified atom stereocenters. The van der Waals surface area contributed by atoms with Crippen LogP contribution in [0.3, 0.4) is 0 Å². The fraction of sp³-hybridized carbons (Fsp3) is 0.680. The van der Waals surface area contributed by atoms with Gasteiger partial charge in [0.15, 0.2) is 0 Å². The molecule has 4 rings (SSSR count). The van der Waals surface area contributed by atoms with Gasteiger partial charge in [-0.1, -0.05) is 38.8 Å². The minimum atomic E-state index is 0.00270. The molecule has 1 aromatic carbocycles. The van der Waals surface area contributed by atoms with Crippen LogP contribution in [0.4, 0.5) is 5.82 Å². The summed E-state index contributed by atoms with van der Waals surface area (Å²) in [4.78, 5) is 17.1. The number of carbonyl (C=O) groups excluding carboxylic acids is 1. The quantitative estimate of drug-likeness (QED) is 0.525. The summed E-state index contributed by atoms with van der Waals surface area (Å²) in [7, 11) is 0. The van der Waals surface area contributed by atoms with Gasteiger partial charge in [0, 0.05) is 38.0 Å². The minimum Gasteiger partial charge on any atom is -0.465 e. The molecule has 2 aromatic rings. The summed E-state index contributed by atoms with van der Waals surface area (Å²) >= 11 is 1.61. The van der Waals surface area contributed by atoms with Crippen molar-refractivity contribution < 1.29 is 9.53 Å². The van der Waals surface area contributed by atoms with Crippen LogP contribution in [0.5, 0.6) is 0 Å². The molecule has 1 saturated heterocycles. The van der Waals surface area contributed by atoms with Gasteiger partial charge in [0.2, 0.25) is 0 Å². The molecule has 2 aliphatic rings. The predicted molar refractivity (Wildman–Crippen MR) is 129 cm³/mol. The predicted octanol–water partition coefficient (Wildman–Crippen LogP) is 5.20. The Labute approximate surface area is 190 Å². The topological polar surface area (TPSA) is 45.7 Å². The Hall–Kier alpha value is -1.66. The van der Waals surface area contributed by atoms with E-state index in [0.29, 0.717) is 24.9 Å². The van der Waals surface area contributed by atoms with E-state index in [0.717, 1.165) is 32.1 Å². The van der Waals surface area contributed by atoms with Crippen molar-refractivity contribution in [3.63, 3.8) is 0 Å². The zero-order chi connectivity index (χ0) is 21.6. The highest BCUT2D eigenvalue weighted by atomic mass is 32.1. The first-order chi connectivity index (χ1) is 15.1. The number of hydrogen-bond donors (Lipinski definition) is 0. The summed E-state index contributed by atoms with van der Waals surface area (Å²) in [5.41, 5.74) is 0. The van der Waals surface area contributed by atoms with Gasteiger partial charge < -0.3 is 9.64 Å². The van der Waals surface area contributed by atoms with Gasteiger partial charge in [-0.25, -0.2) is 0 Å². The fourth-order valence-corrected chi connectivity index (χ4v) is 5.72. The van der Waals surface area contributed by atoms with E-state index in [1.807, 2.05) is 0 Å². The molecule has 1 aliphatic heterocycles. The Morgan fingerprint density at radius 1 is 1.10 bits per heavy atom. The Morgan fingerprint density at radius 3 is 2.55 bits per heavy atom. The van der Waals surface area contributed by atoms with Crippen molar-refractivity contribution in [3.8, 4) is 0 Å². The monoisotopic (exact) mass is 443 g/mol. The van der Waals surface area contributed by atoms with E-state index in [9.17, 15) is 4.79 Å². The van der Waals surface area contributed by atoms with Gasteiger partial charge in [0.25, 0.3) is 0 Å². The van der Waals surface area contributed by atoms with Gasteiger partial charge in [-0.3, -0.25) is 9.69 Å². The van der Waals surface area contributed by atoms with Crippen LogP contribution < -0.4 is 4.90 Å². The van der Waals surface area contributed by atoms with Crippen LogP contribution in [0.2, 0.25) is 0 Å². The third-order valence-electron chi connectivity index (χ3n) is 6.88. The first-order valence-corrected chi connectivity index (χ1v) is 12.8. The fourth-order valence-electron chi connectivity index (χ4n) is 4.93. The summed E-state index contributed by atoms with van der Waals surface area (Å²) in [5, 5.41) is 1.30. The van der Waals surface area contributed by atoms with Crippen molar-refractivity contribution in [3.05, 3.63) is 24.3 Å². The number of rotatable bonds is 8. The SMILES string of the molecule is CC(C)COC(=O)CC1CCC(CCN2CCN(c3nsc4ccccc34)CC2)CC1. The summed E-state index contributed by atoms with van der Waals surface area (Å²) in [6.45, 7) is 10.3. The molecule has 0 amide bonds. The van der Waals surface area contributed by atoms with E-state index in [4.69, 9.17) is 9.11 Å². The van der Waals surface area contributed by atoms with Crippen molar-refractivity contribution in [1.82, 2.24) is 9.27 Å². The molecule has 0 spiro atoms. The van der Waals surface area contributed by atoms with E-state index in [-0.39, 0.29) is 5.97 Å². The molecule has 0 radical (unpaired) electrons. The zero-order valence-electron chi connectivity index (χ0n) is 19.1. The van der Waals surface area contributed by atoms with Crippen LogP contribution >= 0.6 is 11.5 Å². The molecule has 0 atom stereocenters. The number of benzene rings is 1. The van der Waals surface area contributed by atoms with E-state index in [1.54, 1.807) is 11.5 Å². The van der Waals surface area contributed by atoms with Gasteiger partial charge in [0.1, 0.15) is 5.82 Å². The first kappa shape index (κ1) is 22.5. The van der Waals surface area contributed by atoms with Crippen molar-refractivity contribution >= 4 is 33.4 Å². The Bertz CT molecular complexity index is 836. The zero-order valence-corrected chi connectivity index (χ0v) is 19.9. The van der Waals surface area contributed by atoms with Crippen molar-refractivity contribution in [2.75, 3.05) is 44.2 Å². The number of carbonyl (C=O) groups is 1. The van der Waals surface area contributed by atoms with Crippen LogP contribution in [-0.2, 0) is 9.53 Å².